The summed E-state index contributed by atoms with van der Waals surface area (Å²) < 4.78 is 5.48. The van der Waals surface area contributed by atoms with Crippen molar-refractivity contribution in [3.8, 4) is 0 Å². The maximum atomic E-state index is 12.3. The first-order valence-electron chi connectivity index (χ1n) is 7.83. The molecule has 1 unspecified atom stereocenters. The van der Waals surface area contributed by atoms with Crippen molar-refractivity contribution in [2.75, 3.05) is 13.1 Å². The summed E-state index contributed by atoms with van der Waals surface area (Å²) in [7, 11) is 0. The lowest BCUT2D eigenvalue weighted by Crippen LogP contribution is -2.53. The van der Waals surface area contributed by atoms with Gasteiger partial charge >= 0.3 is 6.09 Å². The van der Waals surface area contributed by atoms with Crippen LogP contribution in [0.5, 0.6) is 0 Å². The topological polar surface area (TPSA) is 49.8 Å². The number of hydrogen-bond donors (Lipinski definition) is 1. The fourth-order valence-electron chi connectivity index (χ4n) is 3.73. The van der Waals surface area contributed by atoms with Crippen molar-refractivity contribution >= 4 is 6.09 Å². The van der Waals surface area contributed by atoms with Gasteiger partial charge in [0.25, 0.3) is 0 Å². The molecule has 4 nitrogen and oxygen atoms in total. The quantitative estimate of drug-likeness (QED) is 0.697. The summed E-state index contributed by atoms with van der Waals surface area (Å²) in [4.78, 5) is 14.1. The van der Waals surface area contributed by atoms with E-state index in [9.17, 15) is 9.90 Å². The molecule has 0 saturated heterocycles. The van der Waals surface area contributed by atoms with E-state index in [4.69, 9.17) is 4.74 Å². The molecule has 120 valence electrons. The number of hydrogen-bond acceptors (Lipinski definition) is 3. The summed E-state index contributed by atoms with van der Waals surface area (Å²) >= 11 is 0. The molecule has 0 aromatic carbocycles. The summed E-state index contributed by atoms with van der Waals surface area (Å²) in [6.45, 7) is 13.3. The van der Waals surface area contributed by atoms with Gasteiger partial charge in [-0.15, -0.1) is 0 Å². The van der Waals surface area contributed by atoms with Gasteiger partial charge in [0, 0.05) is 23.9 Å². The van der Waals surface area contributed by atoms with Crippen molar-refractivity contribution in [3.63, 3.8) is 0 Å². The summed E-state index contributed by atoms with van der Waals surface area (Å²) in [6.07, 6.45) is 3.26. The van der Waals surface area contributed by atoms with Crippen molar-refractivity contribution in [2.45, 2.75) is 66.1 Å². The largest absolute Gasteiger partial charge is 0.444 e. The van der Waals surface area contributed by atoms with Crippen molar-refractivity contribution in [1.29, 1.82) is 0 Å². The Bertz CT molecular complexity index is 461. The van der Waals surface area contributed by atoms with Crippen LogP contribution in [0, 0.1) is 10.8 Å². The number of nitrogens with zero attached hydrogens (tertiary/aromatic N) is 1. The first-order chi connectivity index (χ1) is 9.46. The predicted molar refractivity (Wildman–Crippen MR) is 83.0 cm³/mol. The zero-order chi connectivity index (χ0) is 16.1. The van der Waals surface area contributed by atoms with E-state index in [0.717, 1.165) is 12.8 Å². The molecule has 1 amide bonds. The highest BCUT2D eigenvalue weighted by Gasteiger charge is 2.49. The van der Waals surface area contributed by atoms with Crippen LogP contribution >= 0.6 is 0 Å². The summed E-state index contributed by atoms with van der Waals surface area (Å²) in [6, 6.07) is 0. The Balaban J connectivity index is 2.21. The van der Waals surface area contributed by atoms with E-state index in [1.165, 1.54) is 5.57 Å². The third-order valence-electron chi connectivity index (χ3n) is 4.85. The van der Waals surface area contributed by atoms with Gasteiger partial charge in [0.1, 0.15) is 5.60 Å². The Morgan fingerprint density at radius 3 is 2.57 bits per heavy atom. The minimum absolute atomic E-state index is 0.0577. The number of aliphatic hydroxyl groups excluding tert-OH is 1. The monoisotopic (exact) mass is 295 g/mol. The number of ether oxygens (including phenoxy) is 1. The first-order valence-corrected chi connectivity index (χ1v) is 7.83. The number of rotatable bonds is 0. The Morgan fingerprint density at radius 2 is 2.00 bits per heavy atom. The SMILES string of the molecule is CC(C)(C)OC(=O)N1CC=C2C(C)(C)C(O)CC[C@]2(C)C1. The summed E-state index contributed by atoms with van der Waals surface area (Å²) in [5.74, 6) is 0. The second-order valence-electron chi connectivity index (χ2n) is 8.32. The molecule has 1 aliphatic carbocycles. The standard InChI is InChI=1S/C17H29NO3/c1-15(2,3)21-14(20)18-10-8-12-16(4,5)13(19)7-9-17(12,6)11-18/h8,13,19H,7,9-11H2,1-6H3/t13?,17-/m1/s1. The number of carbonyl (C=O) groups excluding carboxylic acids is 1. The zero-order valence-electron chi connectivity index (χ0n) is 14.2. The van der Waals surface area contributed by atoms with Crippen LogP contribution in [-0.2, 0) is 4.74 Å². The highest BCUT2D eigenvalue weighted by molar-refractivity contribution is 5.69. The van der Waals surface area contributed by atoms with E-state index >= 15 is 0 Å². The molecule has 0 spiro atoms. The minimum Gasteiger partial charge on any atom is -0.444 e. The van der Waals surface area contributed by atoms with E-state index < -0.39 is 5.60 Å². The second kappa shape index (κ2) is 5.01. The summed E-state index contributed by atoms with van der Waals surface area (Å²) in [5.41, 5.74) is 0.545. The molecule has 2 aliphatic rings. The van der Waals surface area contributed by atoms with Crippen LogP contribution < -0.4 is 0 Å². The Morgan fingerprint density at radius 1 is 1.38 bits per heavy atom. The van der Waals surface area contributed by atoms with Crippen LogP contribution in [0.15, 0.2) is 11.6 Å². The number of amides is 1. The van der Waals surface area contributed by atoms with E-state index in [-0.39, 0.29) is 23.0 Å². The van der Waals surface area contributed by atoms with E-state index in [1.807, 2.05) is 20.8 Å². The van der Waals surface area contributed by atoms with Gasteiger partial charge in [-0.05, 0) is 33.6 Å². The minimum atomic E-state index is -0.468. The normalized spacial score (nSPS) is 32.2. The molecule has 1 saturated carbocycles. The van der Waals surface area contributed by atoms with Crippen LogP contribution in [0.3, 0.4) is 0 Å². The van der Waals surface area contributed by atoms with Crippen LogP contribution in [0.2, 0.25) is 0 Å². The molecule has 0 bridgehead atoms. The van der Waals surface area contributed by atoms with Crippen molar-refractivity contribution < 1.29 is 14.6 Å². The maximum absolute atomic E-state index is 12.3. The predicted octanol–water partition coefficient (Wildman–Crippen LogP) is 3.35. The third-order valence-corrected chi connectivity index (χ3v) is 4.85. The van der Waals surface area contributed by atoms with Gasteiger partial charge in [0.05, 0.1) is 6.10 Å². The third kappa shape index (κ3) is 3.10. The van der Waals surface area contributed by atoms with Crippen molar-refractivity contribution in [1.82, 2.24) is 4.90 Å². The van der Waals surface area contributed by atoms with E-state index in [2.05, 4.69) is 26.8 Å². The molecule has 1 fully saturated rings. The maximum Gasteiger partial charge on any atom is 0.410 e. The smallest absolute Gasteiger partial charge is 0.410 e. The molecule has 0 aromatic rings. The van der Waals surface area contributed by atoms with Gasteiger partial charge < -0.3 is 14.7 Å². The molecule has 1 aliphatic heterocycles. The molecule has 2 rings (SSSR count). The molecule has 1 heterocycles. The fraction of sp³-hybridized carbons (Fsp3) is 0.824. The van der Waals surface area contributed by atoms with Gasteiger partial charge in [-0.1, -0.05) is 32.4 Å². The van der Waals surface area contributed by atoms with Crippen molar-refractivity contribution in [3.05, 3.63) is 11.6 Å². The molecular weight excluding hydrogens is 266 g/mol. The Hall–Kier alpha value is -1.03. The van der Waals surface area contributed by atoms with E-state index in [0.29, 0.717) is 13.1 Å². The molecule has 21 heavy (non-hydrogen) atoms. The highest BCUT2D eigenvalue weighted by Crippen LogP contribution is 2.52. The Labute approximate surface area is 128 Å². The zero-order valence-corrected chi connectivity index (χ0v) is 14.2. The van der Waals surface area contributed by atoms with Gasteiger partial charge in [-0.3, -0.25) is 0 Å². The van der Waals surface area contributed by atoms with Crippen LogP contribution in [-0.4, -0.2) is 40.9 Å². The molecular formula is C17H29NO3. The lowest BCUT2D eigenvalue weighted by molar-refractivity contribution is -0.0126. The van der Waals surface area contributed by atoms with Gasteiger partial charge in [0.15, 0.2) is 0 Å². The molecule has 1 N–H and O–H groups in total. The number of fused-ring (bicyclic) bond motifs is 1. The lowest BCUT2D eigenvalue weighted by Gasteiger charge is -2.52. The van der Waals surface area contributed by atoms with Crippen LogP contribution in [0.1, 0.15) is 54.4 Å². The van der Waals surface area contributed by atoms with Crippen LogP contribution in [0.25, 0.3) is 0 Å². The number of aliphatic hydroxyl groups is 1. The average molecular weight is 295 g/mol. The Kier molecular flexibility index (Phi) is 3.90. The molecule has 4 heteroatoms. The summed E-state index contributed by atoms with van der Waals surface area (Å²) in [5, 5.41) is 10.3. The van der Waals surface area contributed by atoms with Gasteiger partial charge in [-0.25, -0.2) is 4.79 Å². The molecule has 2 atom stereocenters. The first kappa shape index (κ1) is 16.3. The van der Waals surface area contributed by atoms with Crippen molar-refractivity contribution in [2.24, 2.45) is 10.8 Å². The van der Waals surface area contributed by atoms with E-state index in [1.54, 1.807) is 4.90 Å². The lowest BCUT2D eigenvalue weighted by atomic mass is 9.58. The fourth-order valence-corrected chi connectivity index (χ4v) is 3.73. The molecule has 0 radical (unpaired) electrons. The average Bonchev–Trinajstić information content (AvgIpc) is 2.32. The van der Waals surface area contributed by atoms with Crippen LogP contribution in [0.4, 0.5) is 4.79 Å². The second-order valence-corrected chi connectivity index (χ2v) is 8.32. The molecule has 0 aromatic heterocycles. The van der Waals surface area contributed by atoms with Gasteiger partial charge in [0.2, 0.25) is 0 Å². The number of carbonyl (C=O) groups is 1. The van der Waals surface area contributed by atoms with Gasteiger partial charge in [-0.2, -0.15) is 0 Å². The highest BCUT2D eigenvalue weighted by atomic mass is 16.6.